The van der Waals surface area contributed by atoms with Crippen molar-refractivity contribution in [3.8, 4) is 0 Å². The summed E-state index contributed by atoms with van der Waals surface area (Å²) in [4.78, 5) is 4.08. The topological polar surface area (TPSA) is 17.8 Å². The molecule has 1 heterocycles. The van der Waals surface area contributed by atoms with Crippen LogP contribution in [0.1, 0.15) is 78.6 Å². The molecular weight excluding hydrogens is 244 g/mol. The highest BCUT2D eigenvalue weighted by atomic mass is 15.0. The maximum absolute atomic E-state index is 4.08. The van der Waals surface area contributed by atoms with Crippen LogP contribution in [0.3, 0.4) is 0 Å². The second-order valence-electron chi connectivity index (χ2n) is 6.79. The molecule has 2 heteroatoms. The first kappa shape index (κ1) is 17.3. The van der Waals surface area contributed by atoms with Crippen molar-refractivity contribution in [3.63, 3.8) is 0 Å². The first-order valence-electron chi connectivity index (χ1n) is 8.64. The predicted molar refractivity (Wildman–Crippen MR) is 87.8 cm³/mol. The highest BCUT2D eigenvalue weighted by Crippen LogP contribution is 2.16. The summed E-state index contributed by atoms with van der Waals surface area (Å²) in [5.74, 6) is 1.73. The first-order valence-corrected chi connectivity index (χ1v) is 8.64. The lowest BCUT2D eigenvalue weighted by atomic mass is 9.98. The van der Waals surface area contributed by atoms with Crippen LogP contribution in [-0.2, 0) is 6.54 Å². The molecule has 0 aliphatic carbocycles. The molecule has 0 amide bonds. The van der Waals surface area contributed by atoms with E-state index < -0.39 is 0 Å². The third kappa shape index (κ3) is 9.17. The standard InChI is InChI=1S/C18H34N2/c1-17(2)10-8-6-4-5-7-9-11-18(3)12-14-20-15-13-19-16-20/h13,15-18H,4-12,14H2,1-3H3. The Morgan fingerprint density at radius 3 is 2.10 bits per heavy atom. The summed E-state index contributed by atoms with van der Waals surface area (Å²) in [6.07, 6.45) is 18.5. The highest BCUT2D eigenvalue weighted by Gasteiger charge is 2.02. The summed E-state index contributed by atoms with van der Waals surface area (Å²) in [7, 11) is 0. The number of hydrogen-bond donors (Lipinski definition) is 0. The summed E-state index contributed by atoms with van der Waals surface area (Å²) in [6, 6.07) is 0. The molecule has 0 radical (unpaired) electrons. The van der Waals surface area contributed by atoms with E-state index in [0.29, 0.717) is 0 Å². The van der Waals surface area contributed by atoms with E-state index in [1.54, 1.807) is 0 Å². The maximum atomic E-state index is 4.08. The van der Waals surface area contributed by atoms with Gasteiger partial charge in [-0.25, -0.2) is 4.98 Å². The van der Waals surface area contributed by atoms with Crippen molar-refractivity contribution in [2.24, 2.45) is 11.8 Å². The summed E-state index contributed by atoms with van der Waals surface area (Å²) in [6.45, 7) is 8.16. The van der Waals surface area contributed by atoms with Crippen molar-refractivity contribution < 1.29 is 0 Å². The second-order valence-corrected chi connectivity index (χ2v) is 6.79. The molecule has 0 spiro atoms. The lowest BCUT2D eigenvalue weighted by Gasteiger charge is -2.11. The Balaban J connectivity index is 1.85. The molecule has 1 aromatic rings. The van der Waals surface area contributed by atoms with Crippen molar-refractivity contribution in [3.05, 3.63) is 18.7 Å². The summed E-state index contributed by atoms with van der Waals surface area (Å²) in [5, 5.41) is 0. The number of aryl methyl sites for hydroxylation is 1. The SMILES string of the molecule is CC(C)CCCCCCCCC(C)CCn1ccnc1. The Morgan fingerprint density at radius 2 is 1.50 bits per heavy atom. The van der Waals surface area contributed by atoms with E-state index in [1.807, 2.05) is 12.5 Å². The van der Waals surface area contributed by atoms with Crippen molar-refractivity contribution in [1.82, 2.24) is 9.55 Å². The van der Waals surface area contributed by atoms with Gasteiger partial charge in [-0.3, -0.25) is 0 Å². The smallest absolute Gasteiger partial charge is 0.0945 e. The van der Waals surface area contributed by atoms with Gasteiger partial charge in [0.15, 0.2) is 0 Å². The average Bonchev–Trinajstić information content (AvgIpc) is 2.92. The van der Waals surface area contributed by atoms with Crippen LogP contribution in [0, 0.1) is 11.8 Å². The first-order chi connectivity index (χ1) is 9.68. The number of rotatable bonds is 12. The average molecular weight is 278 g/mol. The van der Waals surface area contributed by atoms with Crippen molar-refractivity contribution >= 4 is 0 Å². The Kier molecular flexibility index (Phi) is 9.44. The van der Waals surface area contributed by atoms with E-state index in [4.69, 9.17) is 0 Å². The molecule has 0 bridgehead atoms. The van der Waals surface area contributed by atoms with Crippen molar-refractivity contribution in [2.75, 3.05) is 0 Å². The molecule has 1 aromatic heterocycles. The van der Waals surface area contributed by atoms with E-state index in [1.165, 1.54) is 57.8 Å². The fourth-order valence-electron chi connectivity index (χ4n) is 2.69. The van der Waals surface area contributed by atoms with Crippen LogP contribution in [0.5, 0.6) is 0 Å². The van der Waals surface area contributed by atoms with Gasteiger partial charge in [-0.1, -0.05) is 72.1 Å². The summed E-state index contributed by atoms with van der Waals surface area (Å²) >= 11 is 0. The molecule has 0 N–H and O–H groups in total. The van der Waals surface area contributed by atoms with Gasteiger partial charge in [-0.05, 0) is 18.3 Å². The minimum atomic E-state index is 0.846. The molecule has 1 atom stereocenters. The minimum Gasteiger partial charge on any atom is -0.337 e. The normalized spacial score (nSPS) is 13.0. The lowest BCUT2D eigenvalue weighted by Crippen LogP contribution is -2.02. The molecular formula is C18H34N2. The lowest BCUT2D eigenvalue weighted by molar-refractivity contribution is 0.425. The number of unbranched alkanes of at least 4 members (excludes halogenated alkanes) is 5. The fraction of sp³-hybridized carbons (Fsp3) is 0.833. The molecule has 20 heavy (non-hydrogen) atoms. The molecule has 2 nitrogen and oxygen atoms in total. The fourth-order valence-corrected chi connectivity index (χ4v) is 2.69. The van der Waals surface area contributed by atoms with Gasteiger partial charge >= 0.3 is 0 Å². The molecule has 1 rings (SSSR count). The van der Waals surface area contributed by atoms with Crippen LogP contribution in [-0.4, -0.2) is 9.55 Å². The van der Waals surface area contributed by atoms with E-state index in [0.717, 1.165) is 18.4 Å². The highest BCUT2D eigenvalue weighted by molar-refractivity contribution is 4.74. The Bertz CT molecular complexity index is 303. The van der Waals surface area contributed by atoms with Gasteiger partial charge in [0.2, 0.25) is 0 Å². The number of aromatic nitrogens is 2. The molecule has 1 unspecified atom stereocenters. The van der Waals surface area contributed by atoms with Crippen LogP contribution in [0.15, 0.2) is 18.7 Å². The predicted octanol–water partition coefficient (Wildman–Crippen LogP) is 5.69. The molecule has 0 aliphatic rings. The molecule has 0 saturated carbocycles. The zero-order valence-corrected chi connectivity index (χ0v) is 13.9. The molecule has 0 fully saturated rings. The molecule has 0 aliphatic heterocycles. The van der Waals surface area contributed by atoms with Gasteiger partial charge < -0.3 is 4.57 Å². The number of imidazole rings is 1. The van der Waals surface area contributed by atoms with Crippen LogP contribution >= 0.6 is 0 Å². The zero-order chi connectivity index (χ0) is 14.6. The quantitative estimate of drug-likeness (QED) is 0.449. The molecule has 0 aromatic carbocycles. The van der Waals surface area contributed by atoms with Gasteiger partial charge in [-0.2, -0.15) is 0 Å². The van der Waals surface area contributed by atoms with E-state index in [9.17, 15) is 0 Å². The zero-order valence-electron chi connectivity index (χ0n) is 13.9. The Hall–Kier alpha value is -0.790. The Morgan fingerprint density at radius 1 is 0.850 bits per heavy atom. The molecule has 116 valence electrons. The maximum Gasteiger partial charge on any atom is 0.0945 e. The Labute approximate surface area is 126 Å². The van der Waals surface area contributed by atoms with E-state index in [-0.39, 0.29) is 0 Å². The number of nitrogens with zero attached hydrogens (tertiary/aromatic N) is 2. The van der Waals surface area contributed by atoms with Gasteiger partial charge in [0.1, 0.15) is 0 Å². The summed E-state index contributed by atoms with van der Waals surface area (Å²) < 4.78 is 2.19. The van der Waals surface area contributed by atoms with Gasteiger partial charge in [-0.15, -0.1) is 0 Å². The van der Waals surface area contributed by atoms with Crippen molar-refractivity contribution in [2.45, 2.75) is 85.1 Å². The third-order valence-electron chi connectivity index (χ3n) is 4.17. The van der Waals surface area contributed by atoms with Crippen LogP contribution in [0.4, 0.5) is 0 Å². The van der Waals surface area contributed by atoms with Crippen LogP contribution in [0.25, 0.3) is 0 Å². The van der Waals surface area contributed by atoms with Gasteiger partial charge in [0.05, 0.1) is 6.33 Å². The largest absolute Gasteiger partial charge is 0.337 e. The van der Waals surface area contributed by atoms with E-state index >= 15 is 0 Å². The number of hydrogen-bond acceptors (Lipinski definition) is 1. The minimum absolute atomic E-state index is 0.846. The van der Waals surface area contributed by atoms with E-state index in [2.05, 4.69) is 36.5 Å². The van der Waals surface area contributed by atoms with Crippen LogP contribution < -0.4 is 0 Å². The van der Waals surface area contributed by atoms with Gasteiger partial charge in [0, 0.05) is 18.9 Å². The second kappa shape index (κ2) is 10.9. The van der Waals surface area contributed by atoms with Crippen molar-refractivity contribution in [1.29, 1.82) is 0 Å². The summed E-state index contributed by atoms with van der Waals surface area (Å²) in [5.41, 5.74) is 0. The van der Waals surface area contributed by atoms with Crippen LogP contribution in [0.2, 0.25) is 0 Å². The molecule has 0 saturated heterocycles. The monoisotopic (exact) mass is 278 g/mol. The third-order valence-corrected chi connectivity index (χ3v) is 4.17. The van der Waals surface area contributed by atoms with Gasteiger partial charge in [0.25, 0.3) is 0 Å².